The van der Waals surface area contributed by atoms with Crippen LogP contribution in [-0.2, 0) is 13.0 Å². The van der Waals surface area contributed by atoms with Gasteiger partial charge in [-0.3, -0.25) is 9.67 Å². The van der Waals surface area contributed by atoms with Crippen molar-refractivity contribution < 1.29 is 0 Å². The molecule has 0 saturated heterocycles. The van der Waals surface area contributed by atoms with Crippen LogP contribution in [0.25, 0.3) is 16.1 Å². The Kier molecular flexibility index (Phi) is 2.16. The van der Waals surface area contributed by atoms with Crippen molar-refractivity contribution in [1.82, 2.24) is 9.78 Å². The highest BCUT2D eigenvalue weighted by Gasteiger charge is 2.37. The monoisotopic (exact) mass is 281 g/mol. The van der Waals surface area contributed by atoms with Crippen LogP contribution < -0.4 is 0 Å². The molecule has 100 valence electrons. The van der Waals surface area contributed by atoms with Crippen LogP contribution in [0.2, 0.25) is 0 Å². The first kappa shape index (κ1) is 11.0. The molecular formula is C16H15N3S. The van der Waals surface area contributed by atoms with Crippen LogP contribution in [0.5, 0.6) is 0 Å². The fourth-order valence-corrected chi connectivity index (χ4v) is 4.14. The number of aromatic nitrogens is 2. The second kappa shape index (κ2) is 3.92. The summed E-state index contributed by atoms with van der Waals surface area (Å²) in [6.45, 7) is 1.05. The van der Waals surface area contributed by atoms with Gasteiger partial charge in [0.05, 0.1) is 5.70 Å². The summed E-state index contributed by atoms with van der Waals surface area (Å²) in [7, 11) is 0. The van der Waals surface area contributed by atoms with Crippen LogP contribution >= 0.6 is 11.3 Å². The smallest absolute Gasteiger partial charge is 0.119 e. The number of aliphatic imine (C=N–C) groups is 1. The predicted molar refractivity (Wildman–Crippen MR) is 81.9 cm³/mol. The van der Waals surface area contributed by atoms with E-state index in [-0.39, 0.29) is 0 Å². The van der Waals surface area contributed by atoms with Crippen molar-refractivity contribution in [2.45, 2.75) is 25.8 Å². The second-order valence-electron chi connectivity index (χ2n) is 5.87. The molecule has 1 saturated carbocycles. The Labute approximate surface area is 121 Å². The Hall–Kier alpha value is -1.68. The molecular weight excluding hydrogens is 266 g/mol. The number of fused-ring (bicyclic) bond motifs is 2. The SMILES string of the molecule is C1=NC(c2nn3c(c2-c2cccs2)CCC3)=CC2CC12. The van der Waals surface area contributed by atoms with Gasteiger partial charge in [-0.2, -0.15) is 5.10 Å². The molecule has 1 fully saturated rings. The molecule has 0 spiro atoms. The number of hydrogen-bond donors (Lipinski definition) is 0. The van der Waals surface area contributed by atoms with Crippen molar-refractivity contribution in [3.05, 3.63) is 35.0 Å². The quantitative estimate of drug-likeness (QED) is 0.827. The molecule has 20 heavy (non-hydrogen) atoms. The third kappa shape index (κ3) is 1.51. The second-order valence-corrected chi connectivity index (χ2v) is 6.82. The Balaban J connectivity index is 1.71. The highest BCUT2D eigenvalue weighted by atomic mass is 32.1. The zero-order chi connectivity index (χ0) is 13.1. The van der Waals surface area contributed by atoms with Crippen molar-refractivity contribution in [3.63, 3.8) is 0 Å². The molecule has 5 rings (SSSR count). The summed E-state index contributed by atoms with van der Waals surface area (Å²) in [5, 5.41) is 7.01. The molecule has 1 aliphatic carbocycles. The Morgan fingerprint density at radius 1 is 1.30 bits per heavy atom. The summed E-state index contributed by atoms with van der Waals surface area (Å²) in [6, 6.07) is 4.33. The predicted octanol–water partition coefficient (Wildman–Crippen LogP) is 3.62. The molecule has 2 aliphatic heterocycles. The lowest BCUT2D eigenvalue weighted by molar-refractivity contribution is 0.653. The van der Waals surface area contributed by atoms with Crippen molar-refractivity contribution in [2.24, 2.45) is 16.8 Å². The summed E-state index contributed by atoms with van der Waals surface area (Å²) in [5.41, 5.74) is 4.93. The van der Waals surface area contributed by atoms with E-state index in [0.717, 1.165) is 30.3 Å². The largest absolute Gasteiger partial charge is 0.268 e. The van der Waals surface area contributed by atoms with Crippen LogP contribution in [0.3, 0.4) is 0 Å². The minimum Gasteiger partial charge on any atom is -0.268 e. The number of nitrogens with zero attached hydrogens (tertiary/aromatic N) is 3. The van der Waals surface area contributed by atoms with Crippen molar-refractivity contribution in [3.8, 4) is 10.4 Å². The Morgan fingerprint density at radius 3 is 3.15 bits per heavy atom. The molecule has 0 N–H and O–H groups in total. The van der Waals surface area contributed by atoms with E-state index in [1.165, 1.54) is 29.0 Å². The van der Waals surface area contributed by atoms with E-state index >= 15 is 0 Å². The van der Waals surface area contributed by atoms with Crippen LogP contribution in [0.15, 0.2) is 28.6 Å². The van der Waals surface area contributed by atoms with Gasteiger partial charge < -0.3 is 0 Å². The molecule has 2 atom stereocenters. The van der Waals surface area contributed by atoms with Gasteiger partial charge in [0.25, 0.3) is 0 Å². The summed E-state index contributed by atoms with van der Waals surface area (Å²) < 4.78 is 2.19. The molecule has 4 heterocycles. The number of aryl methyl sites for hydroxylation is 1. The number of allylic oxidation sites excluding steroid dienone is 1. The van der Waals surface area contributed by atoms with Gasteiger partial charge in [-0.25, -0.2) is 0 Å². The van der Waals surface area contributed by atoms with E-state index in [0.29, 0.717) is 5.92 Å². The first-order valence-electron chi connectivity index (χ1n) is 7.30. The topological polar surface area (TPSA) is 30.2 Å². The summed E-state index contributed by atoms with van der Waals surface area (Å²) in [4.78, 5) is 6.00. The van der Waals surface area contributed by atoms with Gasteiger partial charge in [-0.05, 0) is 36.6 Å². The normalized spacial score (nSPS) is 26.3. The van der Waals surface area contributed by atoms with Crippen LogP contribution in [0, 0.1) is 11.8 Å². The van der Waals surface area contributed by atoms with Crippen molar-refractivity contribution in [1.29, 1.82) is 0 Å². The third-order valence-corrected chi connectivity index (χ3v) is 5.41. The number of hydrogen-bond acceptors (Lipinski definition) is 3. The van der Waals surface area contributed by atoms with Crippen molar-refractivity contribution in [2.75, 3.05) is 0 Å². The van der Waals surface area contributed by atoms with Crippen LogP contribution in [-0.4, -0.2) is 16.0 Å². The van der Waals surface area contributed by atoms with Gasteiger partial charge in [0, 0.05) is 34.8 Å². The van der Waals surface area contributed by atoms with E-state index in [1.807, 2.05) is 0 Å². The van der Waals surface area contributed by atoms with Gasteiger partial charge in [-0.1, -0.05) is 12.1 Å². The lowest BCUT2D eigenvalue weighted by Gasteiger charge is -2.06. The number of rotatable bonds is 2. The molecule has 2 unspecified atom stereocenters. The Morgan fingerprint density at radius 2 is 2.30 bits per heavy atom. The summed E-state index contributed by atoms with van der Waals surface area (Å²) in [6.07, 6.45) is 8.09. The minimum absolute atomic E-state index is 0.707. The molecule has 0 radical (unpaired) electrons. The molecule has 2 aromatic rings. The van der Waals surface area contributed by atoms with Crippen molar-refractivity contribution >= 4 is 23.2 Å². The average molecular weight is 281 g/mol. The molecule has 0 aromatic carbocycles. The minimum atomic E-state index is 0.707. The standard InChI is InChI=1S/C16H15N3S/c1-3-13-15(14-4-2-6-20-14)16(18-19(13)5-1)12-8-10-7-11(10)9-17-12/h2,4,6,8-11H,1,3,5,7H2. The van der Waals surface area contributed by atoms with E-state index in [1.54, 1.807) is 11.3 Å². The summed E-state index contributed by atoms with van der Waals surface area (Å²) in [5.74, 6) is 1.42. The number of thiophene rings is 1. The van der Waals surface area contributed by atoms with Gasteiger partial charge in [0.2, 0.25) is 0 Å². The third-order valence-electron chi connectivity index (χ3n) is 4.52. The zero-order valence-electron chi connectivity index (χ0n) is 11.1. The van der Waals surface area contributed by atoms with E-state index < -0.39 is 0 Å². The van der Waals surface area contributed by atoms with Gasteiger partial charge in [-0.15, -0.1) is 11.3 Å². The maximum atomic E-state index is 4.86. The molecule has 3 aliphatic rings. The van der Waals surface area contributed by atoms with Gasteiger partial charge in [0.15, 0.2) is 0 Å². The first-order chi connectivity index (χ1) is 9.90. The van der Waals surface area contributed by atoms with Crippen LogP contribution in [0.4, 0.5) is 0 Å². The molecule has 0 bridgehead atoms. The molecule has 0 amide bonds. The summed E-state index contributed by atoms with van der Waals surface area (Å²) >= 11 is 1.80. The molecule has 4 heteroatoms. The fourth-order valence-electron chi connectivity index (χ4n) is 3.35. The zero-order valence-corrected chi connectivity index (χ0v) is 11.9. The van der Waals surface area contributed by atoms with E-state index in [9.17, 15) is 0 Å². The van der Waals surface area contributed by atoms with Gasteiger partial charge >= 0.3 is 0 Å². The maximum absolute atomic E-state index is 4.86. The highest BCUT2D eigenvalue weighted by molar-refractivity contribution is 7.13. The van der Waals surface area contributed by atoms with Crippen LogP contribution in [0.1, 0.15) is 24.2 Å². The average Bonchev–Trinajstić information content (AvgIpc) is 2.87. The fraction of sp³-hybridized carbons (Fsp3) is 0.375. The molecule has 2 aromatic heterocycles. The van der Waals surface area contributed by atoms with E-state index in [4.69, 9.17) is 5.10 Å². The highest BCUT2D eigenvalue weighted by Crippen LogP contribution is 2.45. The maximum Gasteiger partial charge on any atom is 0.119 e. The lowest BCUT2D eigenvalue weighted by atomic mass is 10.1. The molecule has 3 nitrogen and oxygen atoms in total. The van der Waals surface area contributed by atoms with Gasteiger partial charge in [0.1, 0.15) is 5.69 Å². The van der Waals surface area contributed by atoms with E-state index in [2.05, 4.69) is 39.5 Å². The first-order valence-corrected chi connectivity index (χ1v) is 8.18. The Bertz CT molecular complexity index is 736. The lowest BCUT2D eigenvalue weighted by Crippen LogP contribution is -1.97.